The van der Waals surface area contributed by atoms with Crippen LogP contribution in [-0.2, 0) is 25.6 Å². The minimum absolute atomic E-state index is 0.0718. The van der Waals surface area contributed by atoms with Gasteiger partial charge >= 0.3 is 12.1 Å². The first-order valence-electron chi connectivity index (χ1n) is 6.71. The van der Waals surface area contributed by atoms with Gasteiger partial charge in [-0.1, -0.05) is 60.7 Å². The maximum atomic E-state index is 11.8. The van der Waals surface area contributed by atoms with Gasteiger partial charge in [-0.2, -0.15) is 0 Å². The second-order valence-electron chi connectivity index (χ2n) is 4.46. The predicted molar refractivity (Wildman–Crippen MR) is 78.9 cm³/mol. The van der Waals surface area contributed by atoms with Crippen molar-refractivity contribution in [3.63, 3.8) is 0 Å². The van der Waals surface area contributed by atoms with Crippen LogP contribution in [0.25, 0.3) is 0 Å². The Bertz CT molecular complexity index is 609. The maximum Gasteiger partial charge on any atom is 0.509 e. The Morgan fingerprint density at radius 1 is 0.955 bits per heavy atom. The van der Waals surface area contributed by atoms with E-state index in [-0.39, 0.29) is 6.61 Å². The van der Waals surface area contributed by atoms with E-state index in [0.717, 1.165) is 5.56 Å². The van der Waals surface area contributed by atoms with Gasteiger partial charge in [-0.3, -0.25) is 0 Å². The van der Waals surface area contributed by atoms with Crippen molar-refractivity contribution < 1.29 is 23.8 Å². The van der Waals surface area contributed by atoms with Crippen molar-refractivity contribution in [2.45, 2.75) is 12.7 Å². The summed E-state index contributed by atoms with van der Waals surface area (Å²) in [6.45, 7) is 0.0718. The molecule has 5 heteroatoms. The van der Waals surface area contributed by atoms with Gasteiger partial charge in [0.15, 0.2) is 0 Å². The Kier molecular flexibility index (Phi) is 5.54. The van der Waals surface area contributed by atoms with Crippen LogP contribution in [0.1, 0.15) is 17.2 Å². The van der Waals surface area contributed by atoms with Crippen molar-refractivity contribution in [1.29, 1.82) is 0 Å². The summed E-state index contributed by atoms with van der Waals surface area (Å²) in [6.07, 6.45) is -2.07. The average molecular weight is 300 g/mol. The van der Waals surface area contributed by atoms with Crippen LogP contribution in [-0.4, -0.2) is 19.2 Å². The number of hydrogen-bond donors (Lipinski definition) is 0. The fourth-order valence-corrected chi connectivity index (χ4v) is 1.83. The molecule has 22 heavy (non-hydrogen) atoms. The monoisotopic (exact) mass is 300 g/mol. The Labute approximate surface area is 128 Å². The lowest BCUT2D eigenvalue weighted by atomic mass is 10.1. The van der Waals surface area contributed by atoms with Crippen LogP contribution in [0.2, 0.25) is 0 Å². The van der Waals surface area contributed by atoms with Crippen molar-refractivity contribution in [3.05, 3.63) is 71.8 Å². The lowest BCUT2D eigenvalue weighted by molar-refractivity contribution is -0.152. The molecule has 5 nitrogen and oxygen atoms in total. The van der Waals surface area contributed by atoms with Gasteiger partial charge in [-0.05, 0) is 5.56 Å². The fraction of sp³-hybridized carbons (Fsp3) is 0.176. The number of carbonyl (C=O) groups excluding carboxylic acids is 2. The molecule has 0 bridgehead atoms. The van der Waals surface area contributed by atoms with Gasteiger partial charge in [0.1, 0.15) is 6.61 Å². The highest BCUT2D eigenvalue weighted by Crippen LogP contribution is 2.19. The first-order chi connectivity index (χ1) is 10.7. The van der Waals surface area contributed by atoms with E-state index >= 15 is 0 Å². The van der Waals surface area contributed by atoms with Crippen LogP contribution in [0.15, 0.2) is 60.7 Å². The average Bonchev–Trinajstić information content (AvgIpc) is 2.59. The van der Waals surface area contributed by atoms with Crippen molar-refractivity contribution >= 4 is 12.1 Å². The van der Waals surface area contributed by atoms with Gasteiger partial charge in [0, 0.05) is 5.56 Å². The molecule has 0 N–H and O–H groups in total. The minimum Gasteiger partial charge on any atom is -0.466 e. The number of carbonyl (C=O) groups is 2. The zero-order valence-corrected chi connectivity index (χ0v) is 12.1. The molecule has 2 aromatic carbocycles. The first kappa shape index (κ1) is 15.6. The summed E-state index contributed by atoms with van der Waals surface area (Å²) in [6, 6.07) is 17.8. The van der Waals surface area contributed by atoms with Gasteiger partial charge in [-0.25, -0.2) is 9.59 Å². The first-order valence-corrected chi connectivity index (χ1v) is 6.71. The van der Waals surface area contributed by atoms with Crippen molar-refractivity contribution in [2.24, 2.45) is 0 Å². The van der Waals surface area contributed by atoms with Crippen LogP contribution in [0.5, 0.6) is 0 Å². The Morgan fingerprint density at radius 3 is 2.14 bits per heavy atom. The molecular formula is C17H16O5. The maximum absolute atomic E-state index is 11.8. The zero-order chi connectivity index (χ0) is 15.8. The molecule has 0 aliphatic rings. The Balaban J connectivity index is 1.98. The lowest BCUT2D eigenvalue weighted by Gasteiger charge is -2.15. The quantitative estimate of drug-likeness (QED) is 0.793. The van der Waals surface area contributed by atoms with E-state index in [1.165, 1.54) is 7.11 Å². The number of rotatable bonds is 5. The van der Waals surface area contributed by atoms with Crippen LogP contribution in [0.3, 0.4) is 0 Å². The summed E-state index contributed by atoms with van der Waals surface area (Å²) >= 11 is 0. The molecule has 2 rings (SSSR count). The summed E-state index contributed by atoms with van der Waals surface area (Å²) in [5.74, 6) is -0.664. The minimum atomic E-state index is -1.14. The number of methoxy groups -OCH3 is 1. The molecule has 114 valence electrons. The predicted octanol–water partition coefficient (Wildman–Crippen LogP) is 3.25. The molecule has 0 aromatic heterocycles. The summed E-state index contributed by atoms with van der Waals surface area (Å²) in [5.41, 5.74) is 1.35. The molecule has 0 aliphatic carbocycles. The Hall–Kier alpha value is -2.82. The third-order valence-electron chi connectivity index (χ3n) is 2.93. The molecule has 0 heterocycles. The Morgan fingerprint density at radius 2 is 1.55 bits per heavy atom. The third kappa shape index (κ3) is 4.34. The van der Waals surface area contributed by atoms with Gasteiger partial charge in [0.2, 0.25) is 6.10 Å². The van der Waals surface area contributed by atoms with Gasteiger partial charge in [-0.15, -0.1) is 0 Å². The highest BCUT2D eigenvalue weighted by molar-refractivity contribution is 5.79. The molecule has 0 saturated heterocycles. The number of esters is 1. The molecule has 2 aromatic rings. The topological polar surface area (TPSA) is 61.8 Å². The molecule has 0 fully saturated rings. The highest BCUT2D eigenvalue weighted by atomic mass is 16.7. The van der Waals surface area contributed by atoms with Gasteiger partial charge < -0.3 is 14.2 Å². The van der Waals surface area contributed by atoms with E-state index in [4.69, 9.17) is 9.47 Å². The van der Waals surface area contributed by atoms with Crippen molar-refractivity contribution in [3.8, 4) is 0 Å². The molecule has 0 unspecified atom stereocenters. The van der Waals surface area contributed by atoms with E-state index in [1.807, 2.05) is 30.3 Å². The molecule has 0 saturated carbocycles. The standard InChI is InChI=1S/C17H16O5/c1-20-16(18)15(14-10-6-3-7-11-14)22-17(19)21-12-13-8-4-2-5-9-13/h2-11,15H,12H2,1H3/t15-/m0/s1. The van der Waals surface area contributed by atoms with Crippen LogP contribution < -0.4 is 0 Å². The second kappa shape index (κ2) is 7.83. The number of hydrogen-bond acceptors (Lipinski definition) is 5. The summed E-state index contributed by atoms with van der Waals surface area (Å²) in [5, 5.41) is 0. The largest absolute Gasteiger partial charge is 0.509 e. The fourth-order valence-electron chi connectivity index (χ4n) is 1.83. The van der Waals surface area contributed by atoms with Crippen LogP contribution >= 0.6 is 0 Å². The van der Waals surface area contributed by atoms with Crippen LogP contribution in [0, 0.1) is 0 Å². The molecule has 0 aliphatic heterocycles. The van der Waals surface area contributed by atoms with E-state index in [9.17, 15) is 9.59 Å². The van der Waals surface area contributed by atoms with E-state index in [2.05, 4.69) is 4.74 Å². The SMILES string of the molecule is COC(=O)[C@@H](OC(=O)OCc1ccccc1)c1ccccc1. The van der Waals surface area contributed by atoms with Crippen LogP contribution in [0.4, 0.5) is 4.79 Å². The number of ether oxygens (including phenoxy) is 3. The summed E-state index contributed by atoms with van der Waals surface area (Å²) in [4.78, 5) is 23.5. The van der Waals surface area contributed by atoms with E-state index in [0.29, 0.717) is 5.56 Å². The van der Waals surface area contributed by atoms with Crippen molar-refractivity contribution in [2.75, 3.05) is 7.11 Å². The highest BCUT2D eigenvalue weighted by Gasteiger charge is 2.26. The van der Waals surface area contributed by atoms with Gasteiger partial charge in [0.25, 0.3) is 0 Å². The normalized spacial score (nSPS) is 11.3. The molecule has 0 spiro atoms. The molecule has 0 radical (unpaired) electrons. The molecule has 1 atom stereocenters. The molecule has 0 amide bonds. The second-order valence-corrected chi connectivity index (χ2v) is 4.46. The smallest absolute Gasteiger partial charge is 0.466 e. The van der Waals surface area contributed by atoms with Crippen molar-refractivity contribution in [1.82, 2.24) is 0 Å². The zero-order valence-electron chi connectivity index (χ0n) is 12.1. The number of benzene rings is 2. The van der Waals surface area contributed by atoms with E-state index in [1.54, 1.807) is 30.3 Å². The summed E-state index contributed by atoms with van der Waals surface area (Å²) < 4.78 is 14.7. The third-order valence-corrected chi connectivity index (χ3v) is 2.93. The summed E-state index contributed by atoms with van der Waals surface area (Å²) in [7, 11) is 1.23. The van der Waals surface area contributed by atoms with E-state index < -0.39 is 18.2 Å². The lowest BCUT2D eigenvalue weighted by Crippen LogP contribution is -2.21. The van der Waals surface area contributed by atoms with Gasteiger partial charge in [0.05, 0.1) is 7.11 Å². The molecular weight excluding hydrogens is 284 g/mol.